The summed E-state index contributed by atoms with van der Waals surface area (Å²) >= 11 is 6.58. The van der Waals surface area contributed by atoms with Gasteiger partial charge in [-0.3, -0.25) is 4.72 Å². The van der Waals surface area contributed by atoms with E-state index in [1.165, 1.54) is 0 Å². The molecule has 3 aromatic rings. The summed E-state index contributed by atoms with van der Waals surface area (Å²) in [5.41, 5.74) is 1.49. The fourth-order valence-corrected chi connectivity index (χ4v) is 4.73. The molecule has 0 saturated heterocycles. The van der Waals surface area contributed by atoms with Crippen molar-refractivity contribution in [3.63, 3.8) is 0 Å². The first-order chi connectivity index (χ1) is 9.94. The van der Waals surface area contributed by atoms with E-state index in [9.17, 15) is 8.42 Å². The first kappa shape index (κ1) is 14.6. The quantitative estimate of drug-likeness (QED) is 0.644. The van der Waals surface area contributed by atoms with Gasteiger partial charge in [0.2, 0.25) is 0 Å². The number of hydrogen-bond acceptors (Lipinski definition) is 2. The Bertz CT molecular complexity index is 899. The minimum absolute atomic E-state index is 0.193. The third-order valence-electron chi connectivity index (χ3n) is 2.95. The summed E-state index contributed by atoms with van der Waals surface area (Å²) < 4.78 is 28.8. The van der Waals surface area contributed by atoms with Crippen molar-refractivity contribution < 1.29 is 8.42 Å². The van der Waals surface area contributed by atoms with Crippen LogP contribution < -0.4 is 4.72 Å². The Kier molecular flexibility index (Phi) is 3.81. The molecule has 1 heterocycles. The van der Waals surface area contributed by atoms with Crippen LogP contribution in [-0.4, -0.2) is 13.4 Å². The Morgan fingerprint density at radius 2 is 1.67 bits per heavy atom. The van der Waals surface area contributed by atoms with Crippen LogP contribution in [0.25, 0.3) is 10.9 Å². The largest absolute Gasteiger partial charge is 0.361 e. The van der Waals surface area contributed by atoms with Gasteiger partial charge >= 0.3 is 0 Å². The molecular weight excluding hydrogens is 420 g/mol. The third kappa shape index (κ3) is 3.14. The number of fused-ring (bicyclic) bond motifs is 1. The number of aromatic nitrogens is 1. The monoisotopic (exact) mass is 428 g/mol. The molecule has 0 aliphatic rings. The molecule has 2 N–H and O–H groups in total. The van der Waals surface area contributed by atoms with E-state index in [0.717, 1.165) is 10.9 Å². The zero-order valence-corrected chi connectivity index (χ0v) is 14.6. The molecule has 0 atom stereocenters. The first-order valence-electron chi connectivity index (χ1n) is 6.00. The molecule has 0 spiro atoms. The van der Waals surface area contributed by atoms with Crippen molar-refractivity contribution in [1.29, 1.82) is 0 Å². The van der Waals surface area contributed by atoms with E-state index in [4.69, 9.17) is 0 Å². The molecule has 0 aliphatic carbocycles. The molecule has 0 radical (unpaired) electrons. The summed E-state index contributed by atoms with van der Waals surface area (Å²) in [5.74, 6) is 0. The molecule has 3 rings (SSSR count). The molecule has 0 fully saturated rings. The number of anilines is 1. The lowest BCUT2D eigenvalue weighted by Crippen LogP contribution is -2.12. The summed E-state index contributed by atoms with van der Waals surface area (Å²) in [7, 11) is -3.63. The summed E-state index contributed by atoms with van der Waals surface area (Å²) in [6.07, 6.45) is 1.81. The fourth-order valence-electron chi connectivity index (χ4n) is 2.01. The fraction of sp³-hybridized carbons (Fsp3) is 0. The molecule has 0 unspecified atom stereocenters. The molecule has 108 valence electrons. The summed E-state index contributed by atoms with van der Waals surface area (Å²) in [5, 5.41) is 0.950. The van der Waals surface area contributed by atoms with E-state index in [1.54, 1.807) is 30.3 Å². The van der Waals surface area contributed by atoms with E-state index in [0.29, 0.717) is 14.6 Å². The Hall–Kier alpha value is -1.31. The van der Waals surface area contributed by atoms with Crippen LogP contribution in [0.1, 0.15) is 0 Å². The van der Waals surface area contributed by atoms with E-state index in [-0.39, 0.29) is 4.90 Å². The topological polar surface area (TPSA) is 62.0 Å². The third-order valence-corrected chi connectivity index (χ3v) is 5.23. The molecule has 4 nitrogen and oxygen atoms in total. The van der Waals surface area contributed by atoms with E-state index in [2.05, 4.69) is 41.6 Å². The van der Waals surface area contributed by atoms with Crippen molar-refractivity contribution in [3.8, 4) is 0 Å². The highest BCUT2D eigenvalue weighted by atomic mass is 79.9. The second-order valence-electron chi connectivity index (χ2n) is 4.49. The molecule has 21 heavy (non-hydrogen) atoms. The van der Waals surface area contributed by atoms with Gasteiger partial charge in [0.25, 0.3) is 10.0 Å². The maximum absolute atomic E-state index is 12.4. The summed E-state index contributed by atoms with van der Waals surface area (Å²) in [4.78, 5) is 3.26. The van der Waals surface area contributed by atoms with Crippen molar-refractivity contribution in [2.75, 3.05) is 4.72 Å². The van der Waals surface area contributed by atoms with Gasteiger partial charge < -0.3 is 4.98 Å². The van der Waals surface area contributed by atoms with Gasteiger partial charge in [0.05, 0.1) is 4.90 Å². The summed E-state index contributed by atoms with van der Waals surface area (Å²) in [6.45, 7) is 0. The van der Waals surface area contributed by atoms with Crippen LogP contribution in [0.5, 0.6) is 0 Å². The number of sulfonamides is 1. The van der Waals surface area contributed by atoms with E-state index < -0.39 is 10.0 Å². The van der Waals surface area contributed by atoms with Crippen LogP contribution >= 0.6 is 31.9 Å². The Balaban J connectivity index is 1.98. The second-order valence-corrected chi connectivity index (χ2v) is 8.00. The lowest BCUT2D eigenvalue weighted by molar-refractivity contribution is 0.601. The normalized spacial score (nSPS) is 11.7. The van der Waals surface area contributed by atoms with Gasteiger partial charge in [0.15, 0.2) is 0 Å². The Labute approximate surface area is 138 Å². The number of hydrogen-bond donors (Lipinski definition) is 2. The summed E-state index contributed by atoms with van der Waals surface area (Å²) in [6, 6.07) is 12.1. The minimum atomic E-state index is -3.63. The average Bonchev–Trinajstić information content (AvgIpc) is 2.84. The smallest absolute Gasteiger partial charge is 0.261 e. The number of halogens is 2. The molecule has 1 aromatic heterocycles. The van der Waals surface area contributed by atoms with E-state index in [1.807, 2.05) is 18.3 Å². The van der Waals surface area contributed by atoms with Crippen LogP contribution in [0.3, 0.4) is 0 Å². The zero-order chi connectivity index (χ0) is 15.0. The minimum Gasteiger partial charge on any atom is -0.361 e. The van der Waals surface area contributed by atoms with Crippen LogP contribution in [0.2, 0.25) is 0 Å². The van der Waals surface area contributed by atoms with Crippen LogP contribution in [-0.2, 0) is 10.0 Å². The first-order valence-corrected chi connectivity index (χ1v) is 9.07. The van der Waals surface area contributed by atoms with Crippen LogP contribution in [0.15, 0.2) is 62.5 Å². The highest BCUT2D eigenvalue weighted by Gasteiger charge is 2.15. The van der Waals surface area contributed by atoms with E-state index >= 15 is 0 Å². The maximum Gasteiger partial charge on any atom is 0.261 e. The van der Waals surface area contributed by atoms with Crippen molar-refractivity contribution >= 4 is 58.5 Å². The Morgan fingerprint density at radius 3 is 2.38 bits per heavy atom. The molecule has 0 aliphatic heterocycles. The highest BCUT2D eigenvalue weighted by Crippen LogP contribution is 2.25. The Morgan fingerprint density at radius 1 is 0.952 bits per heavy atom. The number of H-pyrrole nitrogens is 1. The van der Waals surface area contributed by atoms with Gasteiger partial charge in [0.1, 0.15) is 0 Å². The predicted molar refractivity (Wildman–Crippen MR) is 90.9 cm³/mol. The average molecular weight is 430 g/mol. The molecular formula is C14H10Br2N2O2S. The van der Waals surface area contributed by atoms with Crippen LogP contribution in [0, 0.1) is 0 Å². The van der Waals surface area contributed by atoms with Gasteiger partial charge in [-0.1, -0.05) is 31.9 Å². The van der Waals surface area contributed by atoms with Crippen molar-refractivity contribution in [2.45, 2.75) is 4.90 Å². The molecule has 0 amide bonds. The SMILES string of the molecule is O=S(=O)(Nc1ccc2[nH]ccc2c1)c1cc(Br)cc(Br)c1. The van der Waals surface area contributed by atoms with Gasteiger partial charge in [-0.15, -0.1) is 0 Å². The van der Waals surface area contributed by atoms with Gasteiger partial charge in [0, 0.05) is 31.7 Å². The lowest BCUT2D eigenvalue weighted by Gasteiger charge is -2.09. The number of aromatic amines is 1. The van der Waals surface area contributed by atoms with Crippen molar-refractivity contribution in [1.82, 2.24) is 4.98 Å². The molecule has 0 bridgehead atoms. The second kappa shape index (κ2) is 5.47. The molecule has 2 aromatic carbocycles. The predicted octanol–water partition coefficient (Wildman–Crippen LogP) is 4.49. The zero-order valence-electron chi connectivity index (χ0n) is 10.6. The highest BCUT2D eigenvalue weighted by molar-refractivity contribution is 9.11. The maximum atomic E-state index is 12.4. The van der Waals surface area contributed by atoms with Gasteiger partial charge in [-0.2, -0.15) is 0 Å². The molecule has 0 saturated carbocycles. The number of rotatable bonds is 3. The lowest BCUT2D eigenvalue weighted by atomic mass is 10.2. The standard InChI is InChI=1S/C14H10Br2N2O2S/c15-10-6-11(16)8-13(7-10)21(19,20)18-12-1-2-14-9(5-12)3-4-17-14/h1-8,17-18H. The van der Waals surface area contributed by atoms with Gasteiger partial charge in [-0.25, -0.2) is 8.42 Å². The molecule has 7 heteroatoms. The number of benzene rings is 2. The number of nitrogens with one attached hydrogen (secondary N) is 2. The van der Waals surface area contributed by atoms with Gasteiger partial charge in [-0.05, 0) is 42.5 Å². The van der Waals surface area contributed by atoms with Crippen molar-refractivity contribution in [3.05, 3.63) is 57.6 Å². The van der Waals surface area contributed by atoms with Crippen LogP contribution in [0.4, 0.5) is 5.69 Å². The van der Waals surface area contributed by atoms with Crippen molar-refractivity contribution in [2.24, 2.45) is 0 Å².